The van der Waals surface area contributed by atoms with Crippen LogP contribution in [-0.4, -0.2) is 24.7 Å². The topological polar surface area (TPSA) is 38.7 Å². The summed E-state index contributed by atoms with van der Waals surface area (Å²) in [5.74, 6) is 0.907. The number of hydrogen-bond donors (Lipinski definition) is 1. The van der Waals surface area contributed by atoms with Crippen molar-refractivity contribution < 1.29 is 23.4 Å². The van der Waals surface area contributed by atoms with Crippen molar-refractivity contribution in [2.75, 3.05) is 13.2 Å². The summed E-state index contributed by atoms with van der Waals surface area (Å²) in [7, 11) is 0. The minimum absolute atomic E-state index is 0.117. The summed E-state index contributed by atoms with van der Waals surface area (Å²) in [4.78, 5) is 0. The van der Waals surface area contributed by atoms with Gasteiger partial charge < -0.3 is 14.6 Å². The number of aliphatic hydroxyl groups is 1. The van der Waals surface area contributed by atoms with Gasteiger partial charge in [-0.2, -0.15) is 0 Å². The minimum atomic E-state index is -2.85. The summed E-state index contributed by atoms with van der Waals surface area (Å²) in [6.45, 7) is 1.90. The molecule has 0 saturated heterocycles. The average molecular weight is 230 g/mol. The van der Waals surface area contributed by atoms with Crippen molar-refractivity contribution in [1.29, 1.82) is 0 Å². The maximum absolute atomic E-state index is 12.6. The van der Waals surface area contributed by atoms with Crippen LogP contribution in [0, 0.1) is 0 Å². The smallest absolute Gasteiger partial charge is 0.270 e. The van der Waals surface area contributed by atoms with Crippen LogP contribution in [0.3, 0.4) is 0 Å². The quantitative estimate of drug-likeness (QED) is 0.843. The average Bonchev–Trinajstić information content (AvgIpc) is 2.28. The fourth-order valence-electron chi connectivity index (χ4n) is 1.48. The fraction of sp³-hybridized carbons (Fsp3) is 0.455. The highest BCUT2D eigenvalue weighted by Crippen LogP contribution is 2.36. The van der Waals surface area contributed by atoms with Gasteiger partial charge in [0.2, 0.25) is 0 Å². The van der Waals surface area contributed by atoms with Gasteiger partial charge in [0.15, 0.2) is 11.5 Å². The van der Waals surface area contributed by atoms with E-state index in [2.05, 4.69) is 0 Å². The number of benzene rings is 1. The van der Waals surface area contributed by atoms with E-state index in [0.717, 1.165) is 6.92 Å². The Kier molecular flexibility index (Phi) is 2.71. The molecule has 0 aliphatic carbocycles. The fourth-order valence-corrected chi connectivity index (χ4v) is 1.48. The third-order valence-corrected chi connectivity index (χ3v) is 2.55. The van der Waals surface area contributed by atoms with E-state index < -0.39 is 12.0 Å². The first-order valence-corrected chi connectivity index (χ1v) is 4.92. The summed E-state index contributed by atoms with van der Waals surface area (Å²) >= 11 is 0. The molecular formula is C11H12F2O3. The van der Waals surface area contributed by atoms with Gasteiger partial charge in [-0.05, 0) is 24.6 Å². The highest BCUT2D eigenvalue weighted by molar-refractivity contribution is 5.45. The number of ether oxygens (including phenoxy) is 2. The number of halogens is 2. The van der Waals surface area contributed by atoms with Crippen LogP contribution in [0.2, 0.25) is 0 Å². The maximum atomic E-state index is 12.6. The van der Waals surface area contributed by atoms with E-state index in [0.29, 0.717) is 24.7 Å². The van der Waals surface area contributed by atoms with Gasteiger partial charge in [0.1, 0.15) is 18.8 Å². The maximum Gasteiger partial charge on any atom is 0.270 e. The third-order valence-electron chi connectivity index (χ3n) is 2.55. The van der Waals surface area contributed by atoms with Crippen molar-refractivity contribution >= 4 is 0 Å². The largest absolute Gasteiger partial charge is 0.486 e. The van der Waals surface area contributed by atoms with Crippen LogP contribution in [0.5, 0.6) is 11.5 Å². The summed E-state index contributed by atoms with van der Waals surface area (Å²) in [5, 5.41) is 9.62. The van der Waals surface area contributed by atoms with Crippen LogP contribution in [0.15, 0.2) is 18.2 Å². The van der Waals surface area contributed by atoms with Crippen LogP contribution < -0.4 is 9.47 Å². The second-order valence-corrected chi connectivity index (χ2v) is 3.81. The normalized spacial score (nSPS) is 18.3. The molecule has 1 atom stereocenters. The van der Waals surface area contributed by atoms with Crippen molar-refractivity contribution in [3.8, 4) is 11.5 Å². The summed E-state index contributed by atoms with van der Waals surface area (Å²) in [6.07, 6.45) is -2.85. The van der Waals surface area contributed by atoms with Gasteiger partial charge in [-0.3, -0.25) is 0 Å². The van der Waals surface area contributed by atoms with Gasteiger partial charge in [-0.25, -0.2) is 8.78 Å². The van der Waals surface area contributed by atoms with Crippen LogP contribution in [0.25, 0.3) is 0 Å². The van der Waals surface area contributed by atoms with E-state index in [-0.39, 0.29) is 5.56 Å². The molecule has 3 nitrogen and oxygen atoms in total. The van der Waals surface area contributed by atoms with Gasteiger partial charge in [0.25, 0.3) is 6.43 Å². The van der Waals surface area contributed by atoms with Crippen molar-refractivity contribution in [1.82, 2.24) is 0 Å². The van der Waals surface area contributed by atoms with Gasteiger partial charge >= 0.3 is 0 Å². The lowest BCUT2D eigenvalue weighted by atomic mass is 9.96. The molecule has 0 aromatic heterocycles. The number of fused-ring (bicyclic) bond motifs is 1. The van der Waals surface area contributed by atoms with E-state index in [9.17, 15) is 13.9 Å². The summed E-state index contributed by atoms with van der Waals surface area (Å²) < 4.78 is 35.7. The molecule has 0 amide bonds. The Balaban J connectivity index is 2.37. The first-order valence-electron chi connectivity index (χ1n) is 4.92. The monoisotopic (exact) mass is 230 g/mol. The van der Waals surface area contributed by atoms with Crippen molar-refractivity contribution in [3.05, 3.63) is 23.8 Å². The molecule has 0 saturated carbocycles. The lowest BCUT2D eigenvalue weighted by Gasteiger charge is -2.25. The minimum Gasteiger partial charge on any atom is -0.486 e. The molecule has 1 unspecified atom stereocenters. The standard InChI is InChI=1S/C11H12F2O3/c1-11(14,10(12)13)7-2-3-8-9(6-7)16-5-4-15-8/h2-3,6,10,14H,4-5H2,1H3. The molecular weight excluding hydrogens is 218 g/mol. The van der Waals surface area contributed by atoms with Gasteiger partial charge in [0.05, 0.1) is 0 Å². The van der Waals surface area contributed by atoms with E-state index >= 15 is 0 Å². The molecule has 1 aliphatic rings. The highest BCUT2D eigenvalue weighted by Gasteiger charge is 2.35. The molecule has 1 aromatic rings. The molecule has 1 aliphatic heterocycles. The number of hydrogen-bond acceptors (Lipinski definition) is 3. The van der Waals surface area contributed by atoms with Crippen molar-refractivity contribution in [2.45, 2.75) is 19.0 Å². The zero-order chi connectivity index (χ0) is 11.8. The number of rotatable bonds is 2. The first kappa shape index (κ1) is 11.1. The molecule has 2 rings (SSSR count). The van der Waals surface area contributed by atoms with E-state index in [1.807, 2.05) is 0 Å². The Morgan fingerprint density at radius 1 is 1.25 bits per heavy atom. The molecule has 1 aromatic carbocycles. The lowest BCUT2D eigenvalue weighted by Crippen LogP contribution is -2.30. The molecule has 1 N–H and O–H groups in total. The van der Waals surface area contributed by atoms with E-state index in [1.54, 1.807) is 0 Å². The third kappa shape index (κ3) is 1.82. The summed E-state index contributed by atoms with van der Waals surface area (Å²) in [6, 6.07) is 4.33. The van der Waals surface area contributed by atoms with E-state index in [4.69, 9.17) is 9.47 Å². The predicted molar refractivity (Wildman–Crippen MR) is 53.0 cm³/mol. The van der Waals surface area contributed by atoms with Gasteiger partial charge in [-0.1, -0.05) is 6.07 Å². The SMILES string of the molecule is CC(O)(c1ccc2c(c1)OCCO2)C(F)F. The molecule has 5 heteroatoms. The Labute approximate surface area is 91.6 Å². The van der Waals surface area contributed by atoms with Crippen LogP contribution >= 0.6 is 0 Å². The Morgan fingerprint density at radius 2 is 1.88 bits per heavy atom. The van der Waals surface area contributed by atoms with Gasteiger partial charge in [-0.15, -0.1) is 0 Å². The zero-order valence-electron chi connectivity index (χ0n) is 8.74. The lowest BCUT2D eigenvalue weighted by molar-refractivity contribution is -0.0884. The Morgan fingerprint density at radius 3 is 2.50 bits per heavy atom. The van der Waals surface area contributed by atoms with Crippen LogP contribution in [0.4, 0.5) is 8.78 Å². The molecule has 0 spiro atoms. The molecule has 88 valence electrons. The Hall–Kier alpha value is -1.36. The summed E-state index contributed by atoms with van der Waals surface area (Å²) in [5.41, 5.74) is -2.05. The molecule has 0 bridgehead atoms. The first-order chi connectivity index (χ1) is 7.51. The van der Waals surface area contributed by atoms with Crippen molar-refractivity contribution in [3.63, 3.8) is 0 Å². The van der Waals surface area contributed by atoms with Crippen molar-refractivity contribution in [2.24, 2.45) is 0 Å². The predicted octanol–water partition coefficient (Wildman–Crippen LogP) is 1.93. The van der Waals surface area contributed by atoms with Crippen LogP contribution in [0.1, 0.15) is 12.5 Å². The van der Waals surface area contributed by atoms with Crippen LogP contribution in [-0.2, 0) is 5.60 Å². The molecule has 1 heterocycles. The Bertz CT molecular complexity index is 391. The second-order valence-electron chi connectivity index (χ2n) is 3.81. The molecule has 0 fully saturated rings. The highest BCUT2D eigenvalue weighted by atomic mass is 19.3. The second kappa shape index (κ2) is 3.90. The molecule has 16 heavy (non-hydrogen) atoms. The van der Waals surface area contributed by atoms with E-state index in [1.165, 1.54) is 18.2 Å². The molecule has 0 radical (unpaired) electrons. The number of alkyl halides is 2. The van der Waals surface area contributed by atoms with Gasteiger partial charge in [0, 0.05) is 0 Å². The zero-order valence-corrected chi connectivity index (χ0v) is 8.74.